The van der Waals surface area contributed by atoms with Crippen LogP contribution in [0.25, 0.3) is 0 Å². The Morgan fingerprint density at radius 3 is 1.21 bits per heavy atom. The minimum Gasteiger partial charge on any atom is -0.478 e. The van der Waals surface area contributed by atoms with Gasteiger partial charge in [0.05, 0.1) is 11.1 Å². The maximum absolute atomic E-state index is 11.6. The second-order valence-electron chi connectivity index (χ2n) is 5.17. The highest BCUT2D eigenvalue weighted by Crippen LogP contribution is 2.20. The summed E-state index contributed by atoms with van der Waals surface area (Å²) in [7, 11) is 0. The third kappa shape index (κ3) is 5.04. The van der Waals surface area contributed by atoms with Crippen LogP contribution in [0.2, 0.25) is 0 Å². The van der Waals surface area contributed by atoms with Gasteiger partial charge in [0.2, 0.25) is 0 Å². The molecule has 2 aromatic carbocycles. The van der Waals surface area contributed by atoms with E-state index in [1.807, 2.05) is 0 Å². The predicted octanol–water partition coefficient (Wildman–Crippen LogP) is 4.46. The molecule has 0 amide bonds. The zero-order valence-electron chi connectivity index (χ0n) is 12.5. The van der Waals surface area contributed by atoms with Crippen molar-refractivity contribution in [3.63, 3.8) is 0 Å². The van der Waals surface area contributed by atoms with Gasteiger partial charge < -0.3 is 10.2 Å². The fraction of sp³-hybridized carbons (Fsp3) is 0.111. The van der Waals surface area contributed by atoms with Crippen LogP contribution in [0.4, 0.5) is 0 Å². The molecule has 0 fully saturated rings. The summed E-state index contributed by atoms with van der Waals surface area (Å²) in [6.07, 6.45) is 0.113. The monoisotopic (exact) mass is 452 g/mol. The van der Waals surface area contributed by atoms with Crippen LogP contribution in [0.3, 0.4) is 0 Å². The first-order chi connectivity index (χ1) is 11.4. The number of halogens is 2. The summed E-state index contributed by atoms with van der Waals surface area (Å²) in [5.74, 6) is -2.43. The molecule has 0 aliphatic carbocycles. The van der Waals surface area contributed by atoms with Gasteiger partial charge >= 0.3 is 11.9 Å². The summed E-state index contributed by atoms with van der Waals surface area (Å²) >= 11 is 6.63. The molecule has 0 saturated carbocycles. The van der Waals surface area contributed by atoms with E-state index in [2.05, 4.69) is 31.9 Å². The zero-order chi connectivity index (χ0) is 17.7. The van der Waals surface area contributed by atoms with Crippen LogP contribution < -0.4 is 0 Å². The molecule has 0 atom stereocenters. The van der Waals surface area contributed by atoms with Gasteiger partial charge in [-0.05, 0) is 35.4 Å². The highest BCUT2D eigenvalue weighted by Gasteiger charge is 2.21. The fourth-order valence-corrected chi connectivity index (χ4v) is 2.76. The van der Waals surface area contributed by atoms with Gasteiger partial charge in [0, 0.05) is 21.8 Å². The SMILES string of the molecule is O=C(O)C(Cc1ccc(Br)cc1)=C(Cc1ccc(Br)cc1)C(=O)O. The van der Waals surface area contributed by atoms with E-state index >= 15 is 0 Å². The molecule has 4 nitrogen and oxygen atoms in total. The number of benzene rings is 2. The number of carbonyl (C=O) groups is 2. The molecule has 124 valence electrons. The molecule has 0 aromatic heterocycles. The van der Waals surface area contributed by atoms with Gasteiger partial charge in [0.1, 0.15) is 0 Å². The van der Waals surface area contributed by atoms with E-state index in [4.69, 9.17) is 0 Å². The first-order valence-corrected chi connectivity index (χ1v) is 8.63. The van der Waals surface area contributed by atoms with Crippen molar-refractivity contribution >= 4 is 43.8 Å². The van der Waals surface area contributed by atoms with Crippen molar-refractivity contribution in [1.29, 1.82) is 0 Å². The molecule has 0 spiro atoms. The Hall–Kier alpha value is -1.92. The number of carboxylic acid groups (broad SMARTS) is 2. The Morgan fingerprint density at radius 1 is 0.667 bits per heavy atom. The van der Waals surface area contributed by atoms with E-state index in [1.54, 1.807) is 48.5 Å². The molecule has 0 bridgehead atoms. The summed E-state index contributed by atoms with van der Waals surface area (Å²) in [6.45, 7) is 0. The fourth-order valence-electron chi connectivity index (χ4n) is 2.24. The molecule has 0 saturated heterocycles. The molecule has 0 radical (unpaired) electrons. The first-order valence-electron chi connectivity index (χ1n) is 7.04. The van der Waals surface area contributed by atoms with Gasteiger partial charge in [0.25, 0.3) is 0 Å². The third-order valence-electron chi connectivity index (χ3n) is 3.47. The van der Waals surface area contributed by atoms with Crippen LogP contribution >= 0.6 is 31.9 Å². The summed E-state index contributed by atoms with van der Waals surface area (Å²) < 4.78 is 1.75. The molecule has 6 heteroatoms. The predicted molar refractivity (Wildman–Crippen MR) is 98.0 cm³/mol. The summed E-state index contributed by atoms with van der Waals surface area (Å²) in [5.41, 5.74) is 1.27. The lowest BCUT2D eigenvalue weighted by Crippen LogP contribution is -2.15. The van der Waals surface area contributed by atoms with Gasteiger partial charge in [-0.3, -0.25) is 0 Å². The van der Waals surface area contributed by atoms with E-state index in [0.29, 0.717) is 0 Å². The van der Waals surface area contributed by atoms with Crippen molar-refractivity contribution in [2.24, 2.45) is 0 Å². The summed E-state index contributed by atoms with van der Waals surface area (Å²) in [6, 6.07) is 14.3. The minimum atomic E-state index is -1.22. The number of rotatable bonds is 6. The number of aliphatic carboxylic acids is 2. The van der Waals surface area contributed by atoms with Gasteiger partial charge in [-0.15, -0.1) is 0 Å². The van der Waals surface area contributed by atoms with Crippen molar-refractivity contribution in [3.8, 4) is 0 Å². The highest BCUT2D eigenvalue weighted by atomic mass is 79.9. The topological polar surface area (TPSA) is 74.6 Å². The Balaban J connectivity index is 2.39. The Bertz CT molecular complexity index is 710. The van der Waals surface area contributed by atoms with Gasteiger partial charge in [-0.2, -0.15) is 0 Å². The quantitative estimate of drug-likeness (QED) is 0.633. The van der Waals surface area contributed by atoms with Crippen LogP contribution in [0, 0.1) is 0 Å². The largest absolute Gasteiger partial charge is 0.478 e. The average Bonchev–Trinajstić information content (AvgIpc) is 2.54. The molecule has 0 aliphatic heterocycles. The van der Waals surface area contributed by atoms with E-state index in [-0.39, 0.29) is 24.0 Å². The maximum Gasteiger partial charge on any atom is 0.332 e. The standard InChI is InChI=1S/C18H14Br2O4/c19-13-5-1-11(2-6-13)9-15(17(21)22)16(18(23)24)10-12-3-7-14(20)8-4-12/h1-8H,9-10H2,(H,21,22)(H,23,24). The molecule has 2 N–H and O–H groups in total. The van der Waals surface area contributed by atoms with E-state index in [0.717, 1.165) is 20.1 Å². The van der Waals surface area contributed by atoms with Crippen LogP contribution in [0.5, 0.6) is 0 Å². The number of hydrogen-bond acceptors (Lipinski definition) is 2. The van der Waals surface area contributed by atoms with E-state index < -0.39 is 11.9 Å². The van der Waals surface area contributed by atoms with Crippen molar-refractivity contribution < 1.29 is 19.8 Å². The van der Waals surface area contributed by atoms with Crippen molar-refractivity contribution in [2.45, 2.75) is 12.8 Å². The lowest BCUT2D eigenvalue weighted by atomic mass is 9.95. The first kappa shape index (κ1) is 18.4. The van der Waals surface area contributed by atoms with Gasteiger partial charge in [-0.1, -0.05) is 56.1 Å². The van der Waals surface area contributed by atoms with Crippen LogP contribution in [-0.4, -0.2) is 22.2 Å². The molecule has 0 unspecified atom stereocenters. The molecule has 2 rings (SSSR count). The second kappa shape index (κ2) is 8.26. The van der Waals surface area contributed by atoms with Gasteiger partial charge in [0.15, 0.2) is 0 Å². The van der Waals surface area contributed by atoms with Gasteiger partial charge in [-0.25, -0.2) is 9.59 Å². The lowest BCUT2D eigenvalue weighted by Gasteiger charge is -2.10. The number of carboxylic acids is 2. The average molecular weight is 454 g/mol. The Morgan fingerprint density at radius 2 is 0.958 bits per heavy atom. The van der Waals surface area contributed by atoms with E-state index in [1.165, 1.54) is 0 Å². The molecular weight excluding hydrogens is 440 g/mol. The summed E-state index contributed by atoms with van der Waals surface area (Å²) in [5, 5.41) is 19.0. The Labute approximate surface area is 156 Å². The van der Waals surface area contributed by atoms with Crippen molar-refractivity contribution in [3.05, 3.63) is 79.7 Å². The molecule has 0 heterocycles. The summed E-state index contributed by atoms with van der Waals surface area (Å²) in [4.78, 5) is 23.2. The van der Waals surface area contributed by atoms with Crippen LogP contribution in [0.15, 0.2) is 68.6 Å². The minimum absolute atomic E-state index is 0.0563. The molecular formula is C18H14Br2O4. The van der Waals surface area contributed by atoms with Crippen LogP contribution in [-0.2, 0) is 22.4 Å². The van der Waals surface area contributed by atoms with Crippen LogP contribution in [0.1, 0.15) is 11.1 Å². The van der Waals surface area contributed by atoms with Crippen molar-refractivity contribution in [2.75, 3.05) is 0 Å². The van der Waals surface area contributed by atoms with E-state index in [9.17, 15) is 19.8 Å². The second-order valence-corrected chi connectivity index (χ2v) is 7.01. The number of hydrogen-bond donors (Lipinski definition) is 2. The molecule has 24 heavy (non-hydrogen) atoms. The third-order valence-corrected chi connectivity index (χ3v) is 4.53. The zero-order valence-corrected chi connectivity index (χ0v) is 15.7. The molecule has 2 aromatic rings. The highest BCUT2D eigenvalue weighted by molar-refractivity contribution is 9.10. The smallest absolute Gasteiger partial charge is 0.332 e. The normalized spacial score (nSPS) is 11.8. The maximum atomic E-state index is 11.6. The molecule has 0 aliphatic rings. The lowest BCUT2D eigenvalue weighted by molar-refractivity contribution is -0.136. The Kier molecular flexibility index (Phi) is 6.34. The van der Waals surface area contributed by atoms with Crippen molar-refractivity contribution in [1.82, 2.24) is 0 Å².